The Balaban J connectivity index is 1.45. The van der Waals surface area contributed by atoms with Crippen molar-refractivity contribution in [3.05, 3.63) is 137 Å². The second-order valence-electron chi connectivity index (χ2n) is 10.2. The maximum absolute atomic E-state index is 13.8. The molecule has 5 nitrogen and oxygen atoms in total. The standard InChI is InChI=1S/C35H33NO4/c1-25(2)36(22-26-13-6-3-7-14-26)23-29(34(38)28-17-10-5-11-18-28)24-39-32-20-12-19-30-31(37)21-33(40-35(30)32)27-15-8-4-9-16-27/h3-21,25,29H,22-24H2,1-2H3. The number of carbonyl (C=O) groups is 1. The molecule has 0 bridgehead atoms. The molecule has 40 heavy (non-hydrogen) atoms. The SMILES string of the molecule is CC(C)N(Cc1ccccc1)CC(COc1cccc2c(=O)cc(-c3ccccc3)oc12)C(=O)c1ccccc1. The molecule has 1 aromatic heterocycles. The first kappa shape index (κ1) is 27.1. The molecule has 5 aromatic rings. The number of hydrogen-bond acceptors (Lipinski definition) is 5. The van der Waals surface area contributed by atoms with Crippen LogP contribution < -0.4 is 10.2 Å². The minimum Gasteiger partial charge on any atom is -0.489 e. The van der Waals surface area contributed by atoms with E-state index in [2.05, 4.69) is 30.9 Å². The lowest BCUT2D eigenvalue weighted by Crippen LogP contribution is -2.39. The zero-order valence-electron chi connectivity index (χ0n) is 22.8. The second-order valence-corrected chi connectivity index (χ2v) is 10.2. The van der Waals surface area contributed by atoms with Gasteiger partial charge in [-0.1, -0.05) is 97.1 Å². The lowest BCUT2D eigenvalue weighted by atomic mass is 9.97. The van der Waals surface area contributed by atoms with Crippen molar-refractivity contribution in [3.63, 3.8) is 0 Å². The predicted molar refractivity (Wildman–Crippen MR) is 160 cm³/mol. The molecule has 202 valence electrons. The van der Waals surface area contributed by atoms with Gasteiger partial charge in [0, 0.05) is 36.3 Å². The van der Waals surface area contributed by atoms with Crippen LogP contribution >= 0.6 is 0 Å². The van der Waals surface area contributed by atoms with Crippen LogP contribution in [0.2, 0.25) is 0 Å². The third-order valence-corrected chi connectivity index (χ3v) is 7.06. The number of hydrogen-bond donors (Lipinski definition) is 0. The Hall–Kier alpha value is -4.48. The van der Waals surface area contributed by atoms with E-state index in [4.69, 9.17) is 9.15 Å². The molecule has 0 saturated carbocycles. The van der Waals surface area contributed by atoms with Crippen LogP contribution in [0.25, 0.3) is 22.3 Å². The molecule has 0 amide bonds. The summed E-state index contributed by atoms with van der Waals surface area (Å²) in [5, 5.41) is 0.441. The number of carbonyl (C=O) groups excluding carboxylic acids is 1. The fraction of sp³-hybridized carbons (Fsp3) is 0.200. The number of ether oxygens (including phenoxy) is 1. The fourth-order valence-corrected chi connectivity index (χ4v) is 4.81. The van der Waals surface area contributed by atoms with E-state index in [1.807, 2.05) is 78.9 Å². The summed E-state index contributed by atoms with van der Waals surface area (Å²) in [5.74, 6) is 0.496. The van der Waals surface area contributed by atoms with Crippen molar-refractivity contribution in [2.45, 2.75) is 26.4 Å². The molecule has 0 aliphatic carbocycles. The van der Waals surface area contributed by atoms with Crippen molar-refractivity contribution in [1.29, 1.82) is 0 Å². The number of ketones is 1. The number of nitrogens with zero attached hydrogens (tertiary/aromatic N) is 1. The Morgan fingerprint density at radius 2 is 1.48 bits per heavy atom. The molecule has 0 aliphatic rings. The summed E-state index contributed by atoms with van der Waals surface area (Å²) in [5.41, 5.74) is 2.88. The van der Waals surface area contributed by atoms with Gasteiger partial charge >= 0.3 is 0 Å². The highest BCUT2D eigenvalue weighted by Crippen LogP contribution is 2.29. The molecule has 0 spiro atoms. The molecule has 0 radical (unpaired) electrons. The first-order chi connectivity index (χ1) is 19.5. The third kappa shape index (κ3) is 6.38. The van der Waals surface area contributed by atoms with Gasteiger partial charge < -0.3 is 9.15 Å². The summed E-state index contributed by atoms with van der Waals surface area (Å²) < 4.78 is 12.5. The molecule has 0 aliphatic heterocycles. The number of Topliss-reactive ketones (excluding diaryl/α,β-unsaturated/α-hetero) is 1. The number of fused-ring (bicyclic) bond motifs is 1. The van der Waals surface area contributed by atoms with Crippen molar-refractivity contribution in [3.8, 4) is 17.1 Å². The van der Waals surface area contributed by atoms with Crippen molar-refractivity contribution < 1.29 is 13.9 Å². The van der Waals surface area contributed by atoms with Crippen LogP contribution in [0.4, 0.5) is 0 Å². The smallest absolute Gasteiger partial charge is 0.193 e. The Labute approximate surface area is 234 Å². The zero-order valence-corrected chi connectivity index (χ0v) is 22.8. The van der Waals surface area contributed by atoms with Gasteiger partial charge in [0.25, 0.3) is 0 Å². The summed E-state index contributed by atoms with van der Waals surface area (Å²) in [4.78, 5) is 29.0. The largest absolute Gasteiger partial charge is 0.489 e. The Kier molecular flexibility index (Phi) is 8.53. The van der Waals surface area contributed by atoms with Gasteiger partial charge in [-0.3, -0.25) is 14.5 Å². The molecule has 0 saturated heterocycles. The quantitative estimate of drug-likeness (QED) is 0.168. The van der Waals surface area contributed by atoms with E-state index in [0.717, 1.165) is 12.1 Å². The average molecular weight is 532 g/mol. The maximum atomic E-state index is 13.8. The second kappa shape index (κ2) is 12.6. The lowest BCUT2D eigenvalue weighted by molar-refractivity contribution is 0.0783. The normalized spacial score (nSPS) is 12.1. The van der Waals surface area contributed by atoms with Crippen LogP contribution in [0, 0.1) is 5.92 Å². The van der Waals surface area contributed by atoms with E-state index in [1.165, 1.54) is 11.6 Å². The summed E-state index contributed by atoms with van der Waals surface area (Å²) in [7, 11) is 0. The molecule has 5 heteroatoms. The minimum atomic E-state index is -0.437. The number of benzene rings is 4. The van der Waals surface area contributed by atoms with E-state index in [1.54, 1.807) is 18.2 Å². The van der Waals surface area contributed by atoms with Crippen LogP contribution in [0.1, 0.15) is 29.8 Å². The molecule has 1 unspecified atom stereocenters. The topological polar surface area (TPSA) is 59.8 Å². The van der Waals surface area contributed by atoms with Gasteiger partial charge in [0.05, 0.1) is 17.9 Å². The van der Waals surface area contributed by atoms with E-state index in [0.29, 0.717) is 34.6 Å². The van der Waals surface area contributed by atoms with Crippen LogP contribution in [0.5, 0.6) is 5.75 Å². The third-order valence-electron chi connectivity index (χ3n) is 7.06. The highest BCUT2D eigenvalue weighted by atomic mass is 16.5. The molecule has 4 aromatic carbocycles. The predicted octanol–water partition coefficient (Wildman–Crippen LogP) is 7.25. The van der Waals surface area contributed by atoms with Crippen molar-refractivity contribution >= 4 is 16.8 Å². The number of para-hydroxylation sites is 1. The lowest BCUT2D eigenvalue weighted by Gasteiger charge is -2.30. The minimum absolute atomic E-state index is 0.0194. The monoisotopic (exact) mass is 531 g/mol. The molecule has 5 rings (SSSR count). The summed E-state index contributed by atoms with van der Waals surface area (Å²) >= 11 is 0. The van der Waals surface area contributed by atoms with Crippen molar-refractivity contribution in [2.24, 2.45) is 5.92 Å². The summed E-state index contributed by atoms with van der Waals surface area (Å²) in [6, 6.07) is 36.1. The molecule has 0 fully saturated rings. The van der Waals surface area contributed by atoms with Gasteiger partial charge in [0.15, 0.2) is 22.5 Å². The van der Waals surface area contributed by atoms with E-state index in [9.17, 15) is 9.59 Å². The molecular weight excluding hydrogens is 498 g/mol. The molecular formula is C35H33NO4. The van der Waals surface area contributed by atoms with Gasteiger partial charge in [-0.05, 0) is 31.5 Å². The van der Waals surface area contributed by atoms with Gasteiger partial charge in [-0.15, -0.1) is 0 Å². The summed E-state index contributed by atoms with van der Waals surface area (Å²) in [6.07, 6.45) is 0. The van der Waals surface area contributed by atoms with Crippen LogP contribution in [-0.2, 0) is 6.54 Å². The van der Waals surface area contributed by atoms with Crippen LogP contribution in [0.15, 0.2) is 124 Å². The first-order valence-electron chi connectivity index (χ1n) is 13.6. The Morgan fingerprint density at radius 3 is 2.15 bits per heavy atom. The van der Waals surface area contributed by atoms with Crippen molar-refractivity contribution in [1.82, 2.24) is 4.90 Å². The summed E-state index contributed by atoms with van der Waals surface area (Å²) in [6.45, 7) is 5.66. The van der Waals surface area contributed by atoms with E-state index in [-0.39, 0.29) is 23.9 Å². The maximum Gasteiger partial charge on any atom is 0.193 e. The fourth-order valence-electron chi connectivity index (χ4n) is 4.81. The van der Waals surface area contributed by atoms with E-state index >= 15 is 0 Å². The van der Waals surface area contributed by atoms with Gasteiger partial charge in [-0.2, -0.15) is 0 Å². The Morgan fingerprint density at radius 1 is 0.825 bits per heavy atom. The molecule has 0 N–H and O–H groups in total. The van der Waals surface area contributed by atoms with Gasteiger partial charge in [0.1, 0.15) is 5.76 Å². The van der Waals surface area contributed by atoms with Crippen LogP contribution in [0.3, 0.4) is 0 Å². The highest BCUT2D eigenvalue weighted by molar-refractivity contribution is 5.98. The zero-order chi connectivity index (χ0) is 27.9. The number of rotatable bonds is 11. The molecule has 1 heterocycles. The van der Waals surface area contributed by atoms with Crippen LogP contribution in [-0.4, -0.2) is 29.9 Å². The first-order valence-corrected chi connectivity index (χ1v) is 13.6. The van der Waals surface area contributed by atoms with E-state index < -0.39 is 5.92 Å². The average Bonchev–Trinajstić information content (AvgIpc) is 2.99. The molecule has 1 atom stereocenters. The Bertz CT molecular complexity index is 1610. The van der Waals surface area contributed by atoms with Gasteiger partial charge in [-0.25, -0.2) is 0 Å². The highest BCUT2D eigenvalue weighted by Gasteiger charge is 2.26. The van der Waals surface area contributed by atoms with Crippen molar-refractivity contribution in [2.75, 3.05) is 13.2 Å². The van der Waals surface area contributed by atoms with Gasteiger partial charge in [0.2, 0.25) is 0 Å².